The van der Waals surface area contributed by atoms with Crippen LogP contribution >= 0.6 is 23.2 Å². The van der Waals surface area contributed by atoms with Gasteiger partial charge >= 0.3 is 15.6 Å². The van der Waals surface area contributed by atoms with E-state index in [0.29, 0.717) is 40.9 Å². The second-order valence-electron chi connectivity index (χ2n) is 10.1. The monoisotopic (exact) mass is 656 g/mol. The number of carbonyl (C=O) groups is 1. The molecule has 2 aromatic heterocycles. The van der Waals surface area contributed by atoms with E-state index in [4.69, 9.17) is 27.6 Å². The first-order valence-corrected chi connectivity index (χ1v) is 15.0. The molecule has 0 fully saturated rings. The van der Waals surface area contributed by atoms with Crippen LogP contribution in [0.4, 0.5) is 18.9 Å². The molecule has 14 heteroatoms. The molecule has 0 unspecified atom stereocenters. The van der Waals surface area contributed by atoms with Crippen molar-refractivity contribution in [3.8, 4) is 17.0 Å². The molecular formula is C29H25Cl2F3N2O6S. The summed E-state index contributed by atoms with van der Waals surface area (Å²) < 4.78 is 72.0. The second-order valence-corrected chi connectivity index (χ2v) is 12.4. The van der Waals surface area contributed by atoms with Gasteiger partial charge in [0.25, 0.3) is 0 Å². The minimum Gasteiger partial charge on any atom is -0.460 e. The Bertz CT molecular complexity index is 1910. The molecule has 4 aromatic rings. The number of nitrogens with zero attached hydrogens (tertiary/aromatic N) is 1. The zero-order valence-corrected chi connectivity index (χ0v) is 25.6. The van der Waals surface area contributed by atoms with Crippen LogP contribution in [0.5, 0.6) is 5.75 Å². The van der Waals surface area contributed by atoms with Gasteiger partial charge in [0.15, 0.2) is 17.5 Å². The number of pyridine rings is 1. The molecule has 0 spiro atoms. The number of halogens is 5. The number of benzene rings is 2. The van der Waals surface area contributed by atoms with E-state index in [9.17, 15) is 31.2 Å². The van der Waals surface area contributed by atoms with Gasteiger partial charge in [0, 0.05) is 23.6 Å². The Morgan fingerprint density at radius 1 is 1.12 bits per heavy atom. The van der Waals surface area contributed by atoms with Crippen molar-refractivity contribution in [2.24, 2.45) is 0 Å². The molecule has 0 saturated carbocycles. The molecule has 43 heavy (non-hydrogen) atoms. The lowest BCUT2D eigenvalue weighted by Gasteiger charge is -2.16. The van der Waals surface area contributed by atoms with E-state index >= 15 is 0 Å². The number of hydrogen-bond donors (Lipinski definition) is 1. The van der Waals surface area contributed by atoms with Crippen LogP contribution in [0, 0.1) is 13.8 Å². The van der Waals surface area contributed by atoms with E-state index in [1.807, 2.05) is 26.8 Å². The van der Waals surface area contributed by atoms with Crippen LogP contribution in [0.1, 0.15) is 52.6 Å². The average Bonchev–Trinajstić information content (AvgIpc) is 2.91. The lowest BCUT2D eigenvalue weighted by molar-refractivity contribution is -0.0500. The number of carbonyl (C=O) groups excluding carboxylic acids is 1. The van der Waals surface area contributed by atoms with Gasteiger partial charge in [-0.3, -0.25) is 9.59 Å². The normalized spacial score (nSPS) is 12.1. The SMILES string of the molecule is Cc1cc(CCNc2ccc(Cl)nc2-c2cc(Cl)c(OS(=O)(=O)C(F)(F)F)c(C=O)c2)c2oc(C(C)C)c(C)c(=O)c2c1. The van der Waals surface area contributed by atoms with E-state index in [2.05, 4.69) is 14.5 Å². The van der Waals surface area contributed by atoms with Crippen LogP contribution < -0.4 is 14.9 Å². The van der Waals surface area contributed by atoms with E-state index in [0.717, 1.165) is 23.3 Å². The average molecular weight is 657 g/mol. The van der Waals surface area contributed by atoms with Crippen molar-refractivity contribution >= 4 is 56.3 Å². The Morgan fingerprint density at radius 3 is 2.44 bits per heavy atom. The van der Waals surface area contributed by atoms with E-state index < -0.39 is 32.0 Å². The Hall–Kier alpha value is -3.61. The largest absolute Gasteiger partial charge is 0.534 e. The second kappa shape index (κ2) is 12.2. The van der Waals surface area contributed by atoms with Gasteiger partial charge in [0.2, 0.25) is 0 Å². The zero-order valence-electron chi connectivity index (χ0n) is 23.2. The van der Waals surface area contributed by atoms with Crippen molar-refractivity contribution in [3.63, 3.8) is 0 Å². The third-order valence-corrected chi connectivity index (χ3v) is 7.97. The lowest BCUT2D eigenvalue weighted by Crippen LogP contribution is -2.28. The number of aryl methyl sites for hydroxylation is 1. The van der Waals surface area contributed by atoms with Crippen molar-refractivity contribution in [1.29, 1.82) is 0 Å². The minimum atomic E-state index is -6.09. The lowest BCUT2D eigenvalue weighted by atomic mass is 10.00. The van der Waals surface area contributed by atoms with Gasteiger partial charge in [0.05, 0.1) is 27.4 Å². The third kappa shape index (κ3) is 6.66. The Kier molecular flexibility index (Phi) is 9.15. The highest BCUT2D eigenvalue weighted by Crippen LogP contribution is 2.39. The molecule has 0 atom stereocenters. The van der Waals surface area contributed by atoms with Gasteiger partial charge in [-0.15, -0.1) is 0 Å². The molecule has 8 nitrogen and oxygen atoms in total. The maximum atomic E-state index is 13.1. The number of nitrogens with one attached hydrogen (secondary N) is 1. The fraction of sp³-hybridized carbons (Fsp3) is 0.276. The first-order chi connectivity index (χ1) is 20.0. The summed E-state index contributed by atoms with van der Waals surface area (Å²) in [7, 11) is -6.09. The van der Waals surface area contributed by atoms with Crippen LogP contribution in [0.2, 0.25) is 10.2 Å². The predicted octanol–water partition coefficient (Wildman–Crippen LogP) is 7.60. The predicted molar refractivity (Wildman–Crippen MR) is 159 cm³/mol. The van der Waals surface area contributed by atoms with Crippen molar-refractivity contribution in [3.05, 3.63) is 84.8 Å². The van der Waals surface area contributed by atoms with E-state index in [1.54, 1.807) is 19.1 Å². The molecule has 0 aliphatic heterocycles. The fourth-order valence-corrected chi connectivity index (χ4v) is 5.55. The molecular weight excluding hydrogens is 632 g/mol. The van der Waals surface area contributed by atoms with Crippen LogP contribution in [0.15, 0.2) is 45.6 Å². The standard InChI is InChI=1S/C29H25Cl2F3N2O6S/c1-14(2)26-16(4)25(38)20-10-15(3)9-17(27(20)41-26)7-8-35-22-5-6-23(31)36-24(22)18-11-19(13-37)28(21(30)12-18)42-43(39,40)29(32,33)34/h5-6,9-14,35H,7-8H2,1-4H3. The fourth-order valence-electron chi connectivity index (χ4n) is 4.59. The first kappa shape index (κ1) is 32.3. The zero-order chi connectivity index (χ0) is 31.9. The maximum Gasteiger partial charge on any atom is 0.534 e. The van der Waals surface area contributed by atoms with Gasteiger partial charge < -0.3 is 13.9 Å². The summed E-state index contributed by atoms with van der Waals surface area (Å²) in [5, 5.41) is 3.19. The molecule has 4 rings (SSSR count). The summed E-state index contributed by atoms with van der Waals surface area (Å²) in [6, 6.07) is 9.02. The smallest absolute Gasteiger partial charge is 0.460 e. The molecule has 0 amide bonds. The van der Waals surface area contributed by atoms with E-state index in [-0.39, 0.29) is 34.0 Å². The van der Waals surface area contributed by atoms with Crippen LogP contribution in [0.3, 0.4) is 0 Å². The summed E-state index contributed by atoms with van der Waals surface area (Å²) in [4.78, 5) is 29.1. The number of rotatable bonds is 9. The van der Waals surface area contributed by atoms with Crippen molar-refractivity contribution in [2.75, 3.05) is 11.9 Å². The van der Waals surface area contributed by atoms with Gasteiger partial charge in [-0.25, -0.2) is 4.98 Å². The van der Waals surface area contributed by atoms with Crippen molar-refractivity contribution in [2.45, 2.75) is 45.5 Å². The quantitative estimate of drug-likeness (QED) is 0.0847. The van der Waals surface area contributed by atoms with Crippen molar-refractivity contribution < 1.29 is 35.0 Å². The molecule has 0 aliphatic rings. The highest BCUT2D eigenvalue weighted by Gasteiger charge is 2.49. The highest BCUT2D eigenvalue weighted by molar-refractivity contribution is 7.88. The van der Waals surface area contributed by atoms with Gasteiger partial charge in [0.1, 0.15) is 16.5 Å². The van der Waals surface area contributed by atoms with Crippen LogP contribution in [-0.2, 0) is 16.5 Å². The molecule has 0 saturated heterocycles. The number of anilines is 1. The molecule has 1 N–H and O–H groups in total. The number of aromatic nitrogens is 1. The van der Waals surface area contributed by atoms with Crippen molar-refractivity contribution in [1.82, 2.24) is 4.98 Å². The molecule has 2 heterocycles. The summed E-state index contributed by atoms with van der Waals surface area (Å²) in [5.41, 5.74) is -2.89. The number of aldehydes is 1. The van der Waals surface area contributed by atoms with Gasteiger partial charge in [-0.1, -0.05) is 43.1 Å². The van der Waals surface area contributed by atoms with Crippen LogP contribution in [-0.4, -0.2) is 31.7 Å². The first-order valence-electron chi connectivity index (χ1n) is 12.8. The topological polar surface area (TPSA) is 116 Å². The molecule has 228 valence electrons. The summed E-state index contributed by atoms with van der Waals surface area (Å²) in [6.45, 7) is 7.83. The third-order valence-electron chi connectivity index (χ3n) is 6.52. The van der Waals surface area contributed by atoms with Crippen LogP contribution in [0.25, 0.3) is 22.2 Å². The number of alkyl halides is 3. The molecule has 0 bridgehead atoms. The molecule has 0 radical (unpaired) electrons. The molecule has 2 aromatic carbocycles. The Balaban J connectivity index is 1.69. The summed E-state index contributed by atoms with van der Waals surface area (Å²) >= 11 is 12.2. The van der Waals surface area contributed by atoms with Gasteiger partial charge in [-0.2, -0.15) is 21.6 Å². The number of fused-ring (bicyclic) bond motifs is 1. The van der Waals surface area contributed by atoms with E-state index in [1.165, 1.54) is 6.07 Å². The summed E-state index contributed by atoms with van der Waals surface area (Å²) in [5.74, 6) is -0.364. The Morgan fingerprint density at radius 2 is 1.81 bits per heavy atom. The molecule has 0 aliphatic carbocycles. The minimum absolute atomic E-state index is 0.000479. The maximum absolute atomic E-state index is 13.1. The van der Waals surface area contributed by atoms with Gasteiger partial charge in [-0.05, 0) is 61.7 Å². The highest BCUT2D eigenvalue weighted by atomic mass is 35.5. The summed E-state index contributed by atoms with van der Waals surface area (Å²) in [6.07, 6.45) is 0.532. The number of hydrogen-bond acceptors (Lipinski definition) is 8. The Labute approximate surface area is 254 Å².